The first-order valence-corrected chi connectivity index (χ1v) is 21.5. The molecule has 0 saturated carbocycles. The standard InChI is InChI=1S/C44H76O11/c1-3-5-7-9-11-13-15-17-19-21-22-24-26-28-30-32-37(45)52-34-36(35-53-44-41(49)39(47)40(48)42(55-44)43(50)51)54-38(46)33-31-29-27-25-23-20-18-16-14-12-10-8-6-4-2/h11,13,16-19,36,39-42,44,47-49H,3-10,12,14-15,20-35H2,1-2H3,(H,50,51)/b13-11-,18-16-,19-17-. The fourth-order valence-corrected chi connectivity index (χ4v) is 6.26. The summed E-state index contributed by atoms with van der Waals surface area (Å²) in [5.41, 5.74) is 0. The van der Waals surface area contributed by atoms with Crippen molar-refractivity contribution in [2.75, 3.05) is 13.2 Å². The van der Waals surface area contributed by atoms with Crippen LogP contribution < -0.4 is 0 Å². The van der Waals surface area contributed by atoms with E-state index in [1.165, 1.54) is 51.4 Å². The summed E-state index contributed by atoms with van der Waals surface area (Å²) in [6.45, 7) is 3.75. The van der Waals surface area contributed by atoms with Gasteiger partial charge < -0.3 is 39.4 Å². The number of hydrogen-bond acceptors (Lipinski definition) is 10. The fourth-order valence-electron chi connectivity index (χ4n) is 6.26. The van der Waals surface area contributed by atoms with E-state index in [1.54, 1.807) is 0 Å². The Labute approximate surface area is 331 Å². The van der Waals surface area contributed by atoms with Crippen LogP contribution in [-0.4, -0.2) is 88.4 Å². The van der Waals surface area contributed by atoms with Crippen molar-refractivity contribution in [3.8, 4) is 0 Å². The number of unbranched alkanes of at least 4 members (excludes halogenated alkanes) is 18. The van der Waals surface area contributed by atoms with E-state index in [0.717, 1.165) is 83.5 Å². The van der Waals surface area contributed by atoms with Crippen LogP contribution in [0, 0.1) is 0 Å². The zero-order valence-corrected chi connectivity index (χ0v) is 34.2. The Morgan fingerprint density at radius 3 is 1.56 bits per heavy atom. The van der Waals surface area contributed by atoms with Gasteiger partial charge in [-0.2, -0.15) is 0 Å². The molecule has 0 bridgehead atoms. The number of aliphatic hydroxyl groups is 3. The molecule has 0 aliphatic carbocycles. The molecule has 11 nitrogen and oxygen atoms in total. The molecule has 55 heavy (non-hydrogen) atoms. The van der Waals surface area contributed by atoms with Crippen molar-refractivity contribution in [3.63, 3.8) is 0 Å². The second-order valence-corrected chi connectivity index (χ2v) is 14.8. The van der Waals surface area contributed by atoms with Gasteiger partial charge in [-0.05, 0) is 70.6 Å². The van der Waals surface area contributed by atoms with Gasteiger partial charge in [-0.1, -0.05) is 127 Å². The summed E-state index contributed by atoms with van der Waals surface area (Å²) in [4.78, 5) is 36.7. The van der Waals surface area contributed by atoms with Gasteiger partial charge in [0, 0.05) is 12.8 Å². The Kier molecular flexibility index (Phi) is 31.8. The number of carboxylic acids is 1. The number of carboxylic acid groups (broad SMARTS) is 1. The van der Waals surface area contributed by atoms with Gasteiger partial charge in [-0.15, -0.1) is 0 Å². The predicted molar refractivity (Wildman–Crippen MR) is 215 cm³/mol. The van der Waals surface area contributed by atoms with Crippen LogP contribution in [0.5, 0.6) is 0 Å². The topological polar surface area (TPSA) is 169 Å². The third-order valence-electron chi connectivity index (χ3n) is 9.71. The van der Waals surface area contributed by atoms with E-state index < -0.39 is 61.3 Å². The molecule has 0 aromatic carbocycles. The van der Waals surface area contributed by atoms with Crippen LogP contribution in [0.3, 0.4) is 0 Å². The number of carbonyl (C=O) groups excluding carboxylic acids is 2. The summed E-state index contributed by atoms with van der Waals surface area (Å²) in [6, 6.07) is 0. The van der Waals surface area contributed by atoms with E-state index >= 15 is 0 Å². The second kappa shape index (κ2) is 34.7. The van der Waals surface area contributed by atoms with Gasteiger partial charge in [0.05, 0.1) is 6.61 Å². The van der Waals surface area contributed by atoms with E-state index in [4.69, 9.17) is 18.9 Å². The summed E-state index contributed by atoms with van der Waals surface area (Å²) < 4.78 is 21.7. The molecule has 0 spiro atoms. The minimum absolute atomic E-state index is 0.170. The Morgan fingerprint density at radius 2 is 1.02 bits per heavy atom. The Bertz CT molecular complexity index is 1060. The minimum atomic E-state index is -1.86. The molecule has 1 saturated heterocycles. The van der Waals surface area contributed by atoms with E-state index in [2.05, 4.69) is 50.3 Å². The molecule has 1 rings (SSSR count). The molecule has 6 atom stereocenters. The molecular formula is C44H76O11. The smallest absolute Gasteiger partial charge is 0.335 e. The number of rotatable bonds is 35. The van der Waals surface area contributed by atoms with Crippen molar-refractivity contribution in [3.05, 3.63) is 36.5 Å². The SMILES string of the molecule is CCCCC/C=C\C/C=C\CCCCCCCC(=O)OCC(COC1OC(C(=O)O)C(O)C(O)C1O)OC(=O)CCCCCCC/C=C\CCCCCCC. The molecule has 4 N–H and O–H groups in total. The molecule has 1 heterocycles. The Balaban J connectivity index is 2.41. The molecule has 11 heteroatoms. The van der Waals surface area contributed by atoms with Gasteiger partial charge in [0.25, 0.3) is 0 Å². The lowest BCUT2D eigenvalue weighted by Gasteiger charge is -2.38. The largest absolute Gasteiger partial charge is 0.479 e. The lowest BCUT2D eigenvalue weighted by Crippen LogP contribution is -2.60. The van der Waals surface area contributed by atoms with Crippen molar-refractivity contribution >= 4 is 17.9 Å². The third-order valence-corrected chi connectivity index (χ3v) is 9.71. The first kappa shape index (κ1) is 50.4. The summed E-state index contributed by atoms with van der Waals surface area (Å²) in [6.07, 6.45) is 29.1. The maximum absolute atomic E-state index is 12.7. The molecular weight excluding hydrogens is 704 g/mol. The van der Waals surface area contributed by atoms with Gasteiger partial charge in [0.15, 0.2) is 18.5 Å². The summed E-state index contributed by atoms with van der Waals surface area (Å²) in [5.74, 6) is -2.47. The number of aliphatic carboxylic acids is 1. The first-order chi connectivity index (χ1) is 26.7. The highest BCUT2D eigenvalue weighted by atomic mass is 16.7. The highest BCUT2D eigenvalue weighted by Gasteiger charge is 2.47. The minimum Gasteiger partial charge on any atom is -0.479 e. The fraction of sp³-hybridized carbons (Fsp3) is 0.795. The number of hydrogen-bond donors (Lipinski definition) is 4. The molecule has 1 aliphatic rings. The van der Waals surface area contributed by atoms with Crippen LogP contribution in [0.4, 0.5) is 0 Å². The number of ether oxygens (including phenoxy) is 4. The Hall–Kier alpha value is -2.57. The summed E-state index contributed by atoms with van der Waals surface area (Å²) in [5, 5.41) is 39.7. The van der Waals surface area contributed by atoms with Crippen LogP contribution in [-0.2, 0) is 33.3 Å². The normalized spacial score (nSPS) is 20.8. The van der Waals surface area contributed by atoms with Crippen LogP contribution in [0.1, 0.15) is 174 Å². The maximum atomic E-state index is 12.7. The van der Waals surface area contributed by atoms with Crippen molar-refractivity contribution in [2.45, 2.75) is 211 Å². The average Bonchev–Trinajstić information content (AvgIpc) is 3.17. The van der Waals surface area contributed by atoms with Crippen LogP contribution >= 0.6 is 0 Å². The number of esters is 2. The van der Waals surface area contributed by atoms with E-state index in [-0.39, 0.29) is 19.4 Å². The van der Waals surface area contributed by atoms with Crippen molar-refractivity contribution in [1.82, 2.24) is 0 Å². The highest BCUT2D eigenvalue weighted by Crippen LogP contribution is 2.23. The van der Waals surface area contributed by atoms with Gasteiger partial charge >= 0.3 is 17.9 Å². The summed E-state index contributed by atoms with van der Waals surface area (Å²) in [7, 11) is 0. The molecule has 1 aliphatic heterocycles. The zero-order chi connectivity index (χ0) is 40.4. The van der Waals surface area contributed by atoms with Gasteiger partial charge in [0.1, 0.15) is 24.9 Å². The monoisotopic (exact) mass is 781 g/mol. The second-order valence-electron chi connectivity index (χ2n) is 14.8. The molecule has 318 valence electrons. The molecule has 0 amide bonds. The van der Waals surface area contributed by atoms with E-state index in [0.29, 0.717) is 12.8 Å². The third kappa shape index (κ3) is 26.8. The van der Waals surface area contributed by atoms with Gasteiger partial charge in [-0.3, -0.25) is 9.59 Å². The quantitative estimate of drug-likeness (QED) is 0.0275. The van der Waals surface area contributed by atoms with Crippen molar-refractivity contribution in [2.24, 2.45) is 0 Å². The Morgan fingerprint density at radius 1 is 0.564 bits per heavy atom. The molecule has 0 aromatic rings. The highest BCUT2D eigenvalue weighted by molar-refractivity contribution is 5.73. The lowest BCUT2D eigenvalue weighted by molar-refractivity contribution is -0.298. The number of allylic oxidation sites excluding steroid dienone is 6. The lowest BCUT2D eigenvalue weighted by atomic mass is 9.99. The number of aliphatic hydroxyl groups excluding tert-OH is 3. The van der Waals surface area contributed by atoms with Crippen LogP contribution in [0.2, 0.25) is 0 Å². The predicted octanol–water partition coefficient (Wildman–Crippen LogP) is 8.81. The molecule has 0 aromatic heterocycles. The molecule has 0 radical (unpaired) electrons. The maximum Gasteiger partial charge on any atom is 0.335 e. The molecule has 6 unspecified atom stereocenters. The van der Waals surface area contributed by atoms with Crippen LogP contribution in [0.15, 0.2) is 36.5 Å². The van der Waals surface area contributed by atoms with Gasteiger partial charge in [0.2, 0.25) is 0 Å². The summed E-state index contributed by atoms with van der Waals surface area (Å²) >= 11 is 0. The molecule has 1 fully saturated rings. The van der Waals surface area contributed by atoms with Gasteiger partial charge in [-0.25, -0.2) is 4.79 Å². The van der Waals surface area contributed by atoms with Crippen molar-refractivity contribution < 1.29 is 53.8 Å². The average molecular weight is 781 g/mol. The van der Waals surface area contributed by atoms with Crippen LogP contribution in [0.25, 0.3) is 0 Å². The first-order valence-electron chi connectivity index (χ1n) is 21.5. The van der Waals surface area contributed by atoms with E-state index in [1.807, 2.05) is 0 Å². The zero-order valence-electron chi connectivity index (χ0n) is 34.2. The number of carbonyl (C=O) groups is 3. The van der Waals surface area contributed by atoms with Crippen molar-refractivity contribution in [1.29, 1.82) is 0 Å². The van der Waals surface area contributed by atoms with E-state index in [9.17, 15) is 34.8 Å².